The lowest BCUT2D eigenvalue weighted by molar-refractivity contribution is -0.385. The smallest absolute Gasteiger partial charge is 0.311 e. The summed E-state index contributed by atoms with van der Waals surface area (Å²) < 4.78 is 4.89. The fourth-order valence-corrected chi connectivity index (χ4v) is 2.09. The van der Waals surface area contributed by atoms with E-state index in [0.29, 0.717) is 16.5 Å². The third-order valence-corrected chi connectivity index (χ3v) is 3.20. The molecule has 1 saturated heterocycles. The molecule has 0 saturated carbocycles. The highest BCUT2D eigenvalue weighted by atomic mass is 32.2. The van der Waals surface area contributed by atoms with Crippen LogP contribution >= 0.6 is 11.8 Å². The van der Waals surface area contributed by atoms with Crippen LogP contribution in [0.15, 0.2) is 28.4 Å². The second kappa shape index (κ2) is 6.15. The van der Waals surface area contributed by atoms with Gasteiger partial charge in [0.25, 0.3) is 0 Å². The molecule has 1 amide bonds. The predicted octanol–water partition coefficient (Wildman–Crippen LogP) is 1.16. The van der Waals surface area contributed by atoms with Crippen LogP contribution in [0.1, 0.15) is 5.56 Å². The molecular formula is C11H10N4O4S. The fourth-order valence-electron chi connectivity index (χ4n) is 1.46. The molecule has 1 aliphatic rings. The molecule has 0 unspecified atom stereocenters. The zero-order valence-corrected chi connectivity index (χ0v) is 11.2. The lowest BCUT2D eigenvalue weighted by atomic mass is 10.2. The van der Waals surface area contributed by atoms with E-state index in [2.05, 4.69) is 15.5 Å². The first kappa shape index (κ1) is 14.0. The number of carbonyl (C=O) groups excluding carboxylic acids is 1. The highest BCUT2D eigenvalue weighted by Gasteiger charge is 2.16. The summed E-state index contributed by atoms with van der Waals surface area (Å²) in [5.41, 5.74) is 0.365. The zero-order valence-electron chi connectivity index (χ0n) is 10.4. The van der Waals surface area contributed by atoms with Crippen molar-refractivity contribution in [3.63, 3.8) is 0 Å². The minimum atomic E-state index is -0.533. The van der Waals surface area contributed by atoms with Crippen molar-refractivity contribution in [2.24, 2.45) is 10.2 Å². The van der Waals surface area contributed by atoms with Crippen LogP contribution in [0.4, 0.5) is 5.69 Å². The van der Waals surface area contributed by atoms with E-state index in [1.165, 1.54) is 37.2 Å². The van der Waals surface area contributed by atoms with Gasteiger partial charge in [-0.05, 0) is 12.1 Å². The molecule has 8 nitrogen and oxygen atoms in total. The third kappa shape index (κ3) is 3.32. The summed E-state index contributed by atoms with van der Waals surface area (Å²) >= 11 is 1.25. The number of thioether (sulfide) groups is 1. The van der Waals surface area contributed by atoms with Gasteiger partial charge in [0, 0.05) is 11.6 Å². The molecule has 0 spiro atoms. The maximum atomic E-state index is 10.9. The molecule has 0 atom stereocenters. The molecule has 1 aliphatic heterocycles. The Bertz CT molecular complexity index is 614. The van der Waals surface area contributed by atoms with Gasteiger partial charge in [-0.2, -0.15) is 5.10 Å². The first-order valence-corrected chi connectivity index (χ1v) is 6.45. The van der Waals surface area contributed by atoms with Crippen molar-refractivity contribution in [1.29, 1.82) is 0 Å². The highest BCUT2D eigenvalue weighted by Crippen LogP contribution is 2.26. The molecule has 20 heavy (non-hydrogen) atoms. The Kier molecular flexibility index (Phi) is 4.31. The Labute approximate surface area is 118 Å². The van der Waals surface area contributed by atoms with Gasteiger partial charge in [-0.15, -0.1) is 5.10 Å². The quantitative estimate of drug-likeness (QED) is 0.509. The standard InChI is InChI=1S/C11H10N4O4S/c1-19-9-3-2-7(4-8(9)15(17)18)5-12-14-11-13-10(16)6-20-11/h2-5H,6H2,1H3,(H,13,14,16)/b12-5+. The number of rotatable bonds is 4. The molecule has 2 rings (SSSR count). The Balaban J connectivity index is 2.15. The van der Waals surface area contributed by atoms with Gasteiger partial charge in [-0.25, -0.2) is 0 Å². The largest absolute Gasteiger partial charge is 0.490 e. The van der Waals surface area contributed by atoms with Crippen LogP contribution in [0, 0.1) is 10.1 Å². The van der Waals surface area contributed by atoms with E-state index in [4.69, 9.17) is 4.74 Å². The maximum absolute atomic E-state index is 10.9. The van der Waals surface area contributed by atoms with Crippen molar-refractivity contribution in [2.45, 2.75) is 0 Å². The van der Waals surface area contributed by atoms with Gasteiger partial charge in [0.1, 0.15) is 0 Å². The number of nitro benzene ring substituents is 1. The molecule has 0 aliphatic carbocycles. The summed E-state index contributed by atoms with van der Waals surface area (Å²) in [6, 6.07) is 4.44. The molecular weight excluding hydrogens is 284 g/mol. The second-order valence-electron chi connectivity index (χ2n) is 3.67. The van der Waals surface area contributed by atoms with Crippen LogP contribution in [-0.4, -0.2) is 35.1 Å². The fraction of sp³-hybridized carbons (Fsp3) is 0.182. The molecule has 1 heterocycles. The summed E-state index contributed by atoms with van der Waals surface area (Å²) in [5.74, 6) is 0.378. The lowest BCUT2D eigenvalue weighted by Crippen LogP contribution is -2.19. The van der Waals surface area contributed by atoms with E-state index in [-0.39, 0.29) is 17.3 Å². The van der Waals surface area contributed by atoms with Gasteiger partial charge < -0.3 is 10.1 Å². The highest BCUT2D eigenvalue weighted by molar-refractivity contribution is 8.15. The molecule has 1 aromatic carbocycles. The Morgan fingerprint density at radius 3 is 2.95 bits per heavy atom. The van der Waals surface area contributed by atoms with Crippen LogP contribution in [0.2, 0.25) is 0 Å². The summed E-state index contributed by atoms with van der Waals surface area (Å²) in [4.78, 5) is 21.2. The predicted molar refractivity (Wildman–Crippen MR) is 75.3 cm³/mol. The number of hydrogen-bond acceptors (Lipinski definition) is 7. The summed E-state index contributed by atoms with van der Waals surface area (Å²) in [6.07, 6.45) is 1.37. The Morgan fingerprint density at radius 1 is 1.55 bits per heavy atom. The number of benzene rings is 1. The summed E-state index contributed by atoms with van der Waals surface area (Å²) in [6.45, 7) is 0. The molecule has 0 bridgehead atoms. The first-order chi connectivity index (χ1) is 9.60. The molecule has 0 radical (unpaired) electrons. The molecule has 104 valence electrons. The Morgan fingerprint density at radius 2 is 2.35 bits per heavy atom. The molecule has 1 fully saturated rings. The average Bonchev–Trinajstić information content (AvgIpc) is 2.84. The number of methoxy groups -OCH3 is 1. The van der Waals surface area contributed by atoms with Crippen molar-refractivity contribution >= 4 is 34.7 Å². The van der Waals surface area contributed by atoms with Crippen LogP contribution in [0.5, 0.6) is 5.75 Å². The van der Waals surface area contributed by atoms with E-state index in [1.807, 2.05) is 0 Å². The van der Waals surface area contributed by atoms with Crippen molar-refractivity contribution in [2.75, 3.05) is 12.9 Å². The van der Waals surface area contributed by atoms with Crippen LogP contribution in [0.3, 0.4) is 0 Å². The number of amidine groups is 1. The number of nitro groups is 1. The number of nitrogens with one attached hydrogen (secondary N) is 1. The molecule has 1 N–H and O–H groups in total. The summed E-state index contributed by atoms with van der Waals surface area (Å²) in [7, 11) is 1.36. The SMILES string of the molecule is COc1ccc(/C=N/N=C2\NC(=O)CS2)cc1[N+](=O)[O-]. The monoisotopic (exact) mass is 294 g/mol. The maximum Gasteiger partial charge on any atom is 0.311 e. The van der Waals surface area contributed by atoms with E-state index >= 15 is 0 Å². The minimum Gasteiger partial charge on any atom is -0.490 e. The van der Waals surface area contributed by atoms with Gasteiger partial charge in [0.15, 0.2) is 10.9 Å². The van der Waals surface area contributed by atoms with Crippen molar-refractivity contribution in [1.82, 2.24) is 5.32 Å². The van der Waals surface area contributed by atoms with E-state index < -0.39 is 4.92 Å². The zero-order chi connectivity index (χ0) is 14.5. The van der Waals surface area contributed by atoms with Crippen molar-refractivity contribution < 1.29 is 14.5 Å². The van der Waals surface area contributed by atoms with Crippen LogP contribution in [-0.2, 0) is 4.79 Å². The second-order valence-corrected chi connectivity index (χ2v) is 4.64. The van der Waals surface area contributed by atoms with Crippen molar-refractivity contribution in [3.05, 3.63) is 33.9 Å². The number of carbonyl (C=O) groups is 1. The van der Waals surface area contributed by atoms with Gasteiger partial charge in [0.2, 0.25) is 5.91 Å². The van der Waals surface area contributed by atoms with Gasteiger partial charge >= 0.3 is 5.69 Å². The van der Waals surface area contributed by atoms with Gasteiger partial charge in [-0.3, -0.25) is 14.9 Å². The first-order valence-electron chi connectivity index (χ1n) is 5.46. The van der Waals surface area contributed by atoms with Crippen molar-refractivity contribution in [3.8, 4) is 5.75 Å². The molecule has 1 aromatic rings. The van der Waals surface area contributed by atoms with Gasteiger partial charge in [-0.1, -0.05) is 11.8 Å². The number of ether oxygens (including phenoxy) is 1. The van der Waals surface area contributed by atoms with E-state index in [1.54, 1.807) is 6.07 Å². The molecule has 0 aromatic heterocycles. The topological polar surface area (TPSA) is 106 Å². The third-order valence-electron chi connectivity index (χ3n) is 2.34. The normalized spacial score (nSPS) is 16.6. The Hall–Kier alpha value is -2.42. The van der Waals surface area contributed by atoms with Crippen LogP contribution in [0.25, 0.3) is 0 Å². The number of nitrogens with zero attached hydrogens (tertiary/aromatic N) is 3. The lowest BCUT2D eigenvalue weighted by Gasteiger charge is -2.01. The minimum absolute atomic E-state index is 0.121. The van der Waals surface area contributed by atoms with E-state index in [0.717, 1.165) is 0 Å². The van der Waals surface area contributed by atoms with Gasteiger partial charge in [0.05, 0.1) is 24.0 Å². The molecule has 9 heteroatoms. The summed E-state index contributed by atoms with van der Waals surface area (Å²) in [5, 5.41) is 21.4. The number of hydrogen-bond donors (Lipinski definition) is 1. The van der Waals surface area contributed by atoms with E-state index in [9.17, 15) is 14.9 Å². The van der Waals surface area contributed by atoms with Crippen LogP contribution < -0.4 is 10.1 Å². The average molecular weight is 294 g/mol. The number of amides is 1.